The summed E-state index contributed by atoms with van der Waals surface area (Å²) in [4.78, 5) is 0. The summed E-state index contributed by atoms with van der Waals surface area (Å²) >= 11 is 0. The Hall–Kier alpha value is -0.960. The Bertz CT molecular complexity index is 311. The molecule has 0 bridgehead atoms. The van der Waals surface area contributed by atoms with Crippen LogP contribution in [0.3, 0.4) is 0 Å². The molecule has 0 radical (unpaired) electrons. The van der Waals surface area contributed by atoms with Crippen molar-refractivity contribution in [2.75, 3.05) is 6.54 Å². The lowest BCUT2D eigenvalue weighted by Gasteiger charge is -2.19. The lowest BCUT2D eigenvalue weighted by Crippen LogP contribution is -2.22. The molecule has 0 saturated carbocycles. The first-order valence-electron chi connectivity index (χ1n) is 6.36. The zero-order valence-corrected chi connectivity index (χ0v) is 10.6. The zero-order valence-electron chi connectivity index (χ0n) is 10.6. The van der Waals surface area contributed by atoms with Crippen molar-refractivity contribution in [3.05, 3.63) is 35.4 Å². The molecule has 0 aliphatic rings. The number of halogens is 2. The first kappa shape index (κ1) is 14.1. The molecule has 0 aromatic heterocycles. The zero-order chi connectivity index (χ0) is 12.7. The van der Waals surface area contributed by atoms with Crippen molar-refractivity contribution in [2.45, 2.75) is 45.6 Å². The molecule has 3 heteroatoms. The van der Waals surface area contributed by atoms with Gasteiger partial charge in [0.05, 0.1) is 0 Å². The third kappa shape index (κ3) is 4.82. The average molecular weight is 241 g/mol. The lowest BCUT2D eigenvalue weighted by molar-refractivity contribution is 0.474. The third-order valence-electron chi connectivity index (χ3n) is 2.77. The number of unbranched alkanes of at least 4 members (excludes halogenated alkanes) is 1. The minimum absolute atomic E-state index is 0.0556. The van der Waals surface area contributed by atoms with E-state index in [-0.39, 0.29) is 6.04 Å². The van der Waals surface area contributed by atoms with Gasteiger partial charge in [0.25, 0.3) is 0 Å². The highest BCUT2D eigenvalue weighted by Gasteiger charge is 2.12. The van der Waals surface area contributed by atoms with Crippen LogP contribution in [-0.2, 0) is 0 Å². The van der Waals surface area contributed by atoms with Gasteiger partial charge in [0.15, 0.2) is 0 Å². The van der Waals surface area contributed by atoms with Gasteiger partial charge >= 0.3 is 0 Å². The van der Waals surface area contributed by atoms with Crippen LogP contribution in [-0.4, -0.2) is 6.54 Å². The van der Waals surface area contributed by atoms with Crippen LogP contribution in [0, 0.1) is 11.6 Å². The molecule has 0 spiro atoms. The number of hydrogen-bond donors (Lipinski definition) is 1. The molecule has 1 atom stereocenters. The molecule has 96 valence electrons. The van der Waals surface area contributed by atoms with Crippen LogP contribution in [0.1, 0.15) is 51.1 Å². The second-order valence-electron chi connectivity index (χ2n) is 4.35. The maximum absolute atomic E-state index is 13.2. The molecule has 17 heavy (non-hydrogen) atoms. The summed E-state index contributed by atoms with van der Waals surface area (Å²) in [6, 6.07) is 3.82. The molecule has 0 aliphatic carbocycles. The van der Waals surface area contributed by atoms with Crippen LogP contribution >= 0.6 is 0 Å². The average Bonchev–Trinajstić information content (AvgIpc) is 2.28. The molecule has 0 amide bonds. The normalized spacial score (nSPS) is 12.7. The summed E-state index contributed by atoms with van der Waals surface area (Å²) in [5, 5.41) is 3.34. The molecule has 0 saturated heterocycles. The van der Waals surface area contributed by atoms with Crippen molar-refractivity contribution in [3.8, 4) is 0 Å². The fraction of sp³-hybridized carbons (Fsp3) is 0.571. The van der Waals surface area contributed by atoms with Gasteiger partial charge in [0.1, 0.15) is 11.6 Å². The molecule has 0 heterocycles. The number of benzene rings is 1. The Morgan fingerprint density at radius 2 is 1.71 bits per heavy atom. The Labute approximate surface area is 102 Å². The van der Waals surface area contributed by atoms with Gasteiger partial charge in [0.2, 0.25) is 0 Å². The standard InChI is InChI=1S/C14H21F2N/c1-3-5-6-14(17-7-4-2)11-8-12(15)10-13(16)9-11/h8-10,14,17H,3-7H2,1-2H3. The van der Waals surface area contributed by atoms with Crippen molar-refractivity contribution in [1.82, 2.24) is 5.32 Å². The second-order valence-corrected chi connectivity index (χ2v) is 4.35. The summed E-state index contributed by atoms with van der Waals surface area (Å²) in [6.45, 7) is 5.06. The van der Waals surface area contributed by atoms with E-state index >= 15 is 0 Å². The van der Waals surface area contributed by atoms with E-state index in [1.54, 1.807) is 0 Å². The molecule has 0 fully saturated rings. The van der Waals surface area contributed by atoms with Gasteiger partial charge in [-0.15, -0.1) is 0 Å². The van der Waals surface area contributed by atoms with Gasteiger partial charge in [-0.05, 0) is 37.1 Å². The van der Waals surface area contributed by atoms with Crippen molar-refractivity contribution in [3.63, 3.8) is 0 Å². The van der Waals surface area contributed by atoms with Crippen LogP contribution in [0.5, 0.6) is 0 Å². The molecule has 1 nitrogen and oxygen atoms in total. The maximum atomic E-state index is 13.2. The smallest absolute Gasteiger partial charge is 0.126 e. The van der Waals surface area contributed by atoms with Crippen LogP contribution in [0.15, 0.2) is 18.2 Å². The highest BCUT2D eigenvalue weighted by atomic mass is 19.1. The predicted octanol–water partition coefficient (Wildman–Crippen LogP) is 4.20. The van der Waals surface area contributed by atoms with Gasteiger partial charge in [-0.2, -0.15) is 0 Å². The first-order chi connectivity index (χ1) is 8.17. The Balaban J connectivity index is 2.78. The lowest BCUT2D eigenvalue weighted by atomic mass is 10.0. The van der Waals surface area contributed by atoms with Gasteiger partial charge in [-0.3, -0.25) is 0 Å². The largest absolute Gasteiger partial charge is 0.310 e. The number of rotatable bonds is 7. The topological polar surface area (TPSA) is 12.0 Å². The third-order valence-corrected chi connectivity index (χ3v) is 2.77. The molecular weight excluding hydrogens is 220 g/mol. The van der Waals surface area contributed by atoms with E-state index in [1.807, 2.05) is 0 Å². The minimum atomic E-state index is -0.500. The van der Waals surface area contributed by atoms with E-state index in [4.69, 9.17) is 0 Å². The highest BCUT2D eigenvalue weighted by molar-refractivity contribution is 5.21. The van der Waals surface area contributed by atoms with Crippen LogP contribution in [0.4, 0.5) is 8.78 Å². The van der Waals surface area contributed by atoms with E-state index in [1.165, 1.54) is 12.1 Å². The number of hydrogen-bond acceptors (Lipinski definition) is 1. The quantitative estimate of drug-likeness (QED) is 0.754. The Morgan fingerprint density at radius 1 is 1.06 bits per heavy atom. The molecule has 1 aromatic carbocycles. The van der Waals surface area contributed by atoms with Crippen molar-refractivity contribution in [1.29, 1.82) is 0 Å². The molecule has 1 unspecified atom stereocenters. The van der Waals surface area contributed by atoms with Crippen LogP contribution in [0.2, 0.25) is 0 Å². The van der Waals surface area contributed by atoms with Gasteiger partial charge in [-0.25, -0.2) is 8.78 Å². The maximum Gasteiger partial charge on any atom is 0.126 e. The summed E-state index contributed by atoms with van der Waals surface area (Å²) in [7, 11) is 0. The summed E-state index contributed by atoms with van der Waals surface area (Å²) in [6.07, 6.45) is 4.07. The first-order valence-corrected chi connectivity index (χ1v) is 6.36. The Morgan fingerprint density at radius 3 is 2.24 bits per heavy atom. The fourth-order valence-corrected chi connectivity index (χ4v) is 1.89. The van der Waals surface area contributed by atoms with Gasteiger partial charge in [-0.1, -0.05) is 26.7 Å². The van der Waals surface area contributed by atoms with E-state index in [0.29, 0.717) is 5.56 Å². The second kappa shape index (κ2) is 7.38. The summed E-state index contributed by atoms with van der Waals surface area (Å²) in [5.74, 6) is -1.00. The molecule has 0 aliphatic heterocycles. The van der Waals surface area contributed by atoms with Gasteiger partial charge in [0, 0.05) is 12.1 Å². The van der Waals surface area contributed by atoms with Crippen molar-refractivity contribution in [2.24, 2.45) is 0 Å². The van der Waals surface area contributed by atoms with E-state index in [2.05, 4.69) is 19.2 Å². The van der Waals surface area contributed by atoms with E-state index in [9.17, 15) is 8.78 Å². The SMILES string of the molecule is CCCCC(NCCC)c1cc(F)cc(F)c1. The van der Waals surface area contributed by atoms with Crippen molar-refractivity contribution < 1.29 is 8.78 Å². The fourth-order valence-electron chi connectivity index (χ4n) is 1.89. The summed E-state index contributed by atoms with van der Waals surface area (Å²) in [5.41, 5.74) is 0.712. The molecular formula is C14H21F2N. The van der Waals surface area contributed by atoms with Crippen molar-refractivity contribution >= 4 is 0 Å². The minimum Gasteiger partial charge on any atom is -0.310 e. The van der Waals surface area contributed by atoms with Gasteiger partial charge < -0.3 is 5.32 Å². The monoisotopic (exact) mass is 241 g/mol. The number of nitrogens with one attached hydrogen (secondary N) is 1. The predicted molar refractivity (Wildman–Crippen MR) is 66.9 cm³/mol. The van der Waals surface area contributed by atoms with Crippen LogP contribution in [0.25, 0.3) is 0 Å². The van der Waals surface area contributed by atoms with E-state index in [0.717, 1.165) is 38.3 Å². The molecule has 1 rings (SSSR count). The van der Waals surface area contributed by atoms with E-state index < -0.39 is 11.6 Å². The highest BCUT2D eigenvalue weighted by Crippen LogP contribution is 2.21. The summed E-state index contributed by atoms with van der Waals surface area (Å²) < 4.78 is 26.3. The Kier molecular flexibility index (Phi) is 6.12. The van der Waals surface area contributed by atoms with Crippen LogP contribution < -0.4 is 5.32 Å². The molecule has 1 N–H and O–H groups in total. The molecule has 1 aromatic rings.